The number of nitrogens with one attached hydrogen (secondary N) is 1. The van der Waals surface area contributed by atoms with Crippen LogP contribution in [0.2, 0.25) is 0 Å². The lowest BCUT2D eigenvalue weighted by atomic mass is 9.77. The first-order chi connectivity index (χ1) is 8.65. The molecule has 0 saturated heterocycles. The van der Waals surface area contributed by atoms with Crippen LogP contribution in [-0.2, 0) is 0 Å². The van der Waals surface area contributed by atoms with Crippen LogP contribution in [0.3, 0.4) is 0 Å². The third-order valence-corrected chi connectivity index (χ3v) is 4.36. The zero-order valence-corrected chi connectivity index (χ0v) is 11.5. The van der Waals surface area contributed by atoms with Gasteiger partial charge < -0.3 is 10.4 Å². The van der Waals surface area contributed by atoms with Gasteiger partial charge in [0.15, 0.2) is 0 Å². The Morgan fingerprint density at radius 3 is 2.44 bits per heavy atom. The van der Waals surface area contributed by atoms with Crippen molar-refractivity contribution >= 4 is 0 Å². The van der Waals surface area contributed by atoms with Crippen molar-refractivity contribution in [1.82, 2.24) is 5.32 Å². The Balaban J connectivity index is 2.02. The molecule has 1 aromatic carbocycles. The van der Waals surface area contributed by atoms with Gasteiger partial charge >= 0.3 is 0 Å². The lowest BCUT2D eigenvalue weighted by molar-refractivity contribution is 0.0960. The van der Waals surface area contributed by atoms with E-state index in [0.717, 1.165) is 18.8 Å². The maximum absolute atomic E-state index is 9.76. The summed E-state index contributed by atoms with van der Waals surface area (Å²) in [6, 6.07) is 10.8. The number of hydrogen-bond acceptors (Lipinski definition) is 2. The molecule has 2 N–H and O–H groups in total. The van der Waals surface area contributed by atoms with Crippen molar-refractivity contribution < 1.29 is 5.11 Å². The second kappa shape index (κ2) is 5.85. The van der Waals surface area contributed by atoms with Crippen LogP contribution in [0.4, 0.5) is 0 Å². The summed E-state index contributed by atoms with van der Waals surface area (Å²) in [4.78, 5) is 0. The van der Waals surface area contributed by atoms with Gasteiger partial charge in [-0.15, -0.1) is 0 Å². The van der Waals surface area contributed by atoms with Gasteiger partial charge in [0.05, 0.1) is 6.61 Å². The average molecular weight is 247 g/mol. The standard InChI is InChI=1S/C16H25NO/c1-13-8-10-16(12-18,11-9-13)17-14(2)15-6-4-3-5-7-15/h3-7,13-14,17-18H,8-12H2,1-2H3. The second-order valence-electron chi connectivity index (χ2n) is 5.90. The lowest BCUT2D eigenvalue weighted by Gasteiger charge is -2.41. The highest BCUT2D eigenvalue weighted by molar-refractivity contribution is 5.19. The van der Waals surface area contributed by atoms with Crippen LogP contribution in [0.1, 0.15) is 51.1 Å². The fourth-order valence-electron chi connectivity index (χ4n) is 2.95. The molecule has 0 aliphatic heterocycles. The zero-order chi connectivity index (χ0) is 13.0. The summed E-state index contributed by atoms with van der Waals surface area (Å²) >= 11 is 0. The van der Waals surface area contributed by atoms with Gasteiger partial charge in [-0.25, -0.2) is 0 Å². The molecular formula is C16H25NO. The van der Waals surface area contributed by atoms with E-state index >= 15 is 0 Å². The molecule has 0 aromatic heterocycles. The van der Waals surface area contributed by atoms with Gasteiger partial charge in [-0.05, 0) is 44.1 Å². The minimum atomic E-state index is -0.0677. The number of hydrogen-bond donors (Lipinski definition) is 2. The van der Waals surface area contributed by atoms with E-state index in [1.165, 1.54) is 18.4 Å². The Hall–Kier alpha value is -0.860. The minimum Gasteiger partial charge on any atom is -0.394 e. The lowest BCUT2D eigenvalue weighted by Crippen LogP contribution is -2.51. The summed E-state index contributed by atoms with van der Waals surface area (Å²) in [5.41, 5.74) is 1.23. The first-order valence-corrected chi connectivity index (χ1v) is 7.09. The van der Waals surface area contributed by atoms with Gasteiger partial charge in [-0.1, -0.05) is 37.3 Å². The Morgan fingerprint density at radius 1 is 1.28 bits per heavy atom. The van der Waals surface area contributed by atoms with Crippen LogP contribution in [0.5, 0.6) is 0 Å². The molecule has 1 aliphatic rings. The largest absolute Gasteiger partial charge is 0.394 e. The number of rotatable bonds is 4. The maximum Gasteiger partial charge on any atom is 0.0613 e. The SMILES string of the molecule is CC1CCC(CO)(NC(C)c2ccccc2)CC1. The van der Waals surface area contributed by atoms with Gasteiger partial charge in [0.1, 0.15) is 0 Å². The fraction of sp³-hybridized carbons (Fsp3) is 0.625. The third kappa shape index (κ3) is 3.12. The van der Waals surface area contributed by atoms with Gasteiger partial charge in [0.2, 0.25) is 0 Å². The van der Waals surface area contributed by atoms with E-state index in [-0.39, 0.29) is 12.1 Å². The van der Waals surface area contributed by atoms with E-state index < -0.39 is 0 Å². The summed E-state index contributed by atoms with van der Waals surface area (Å²) in [7, 11) is 0. The number of aliphatic hydroxyl groups is 1. The molecule has 2 nitrogen and oxygen atoms in total. The molecule has 1 aliphatic carbocycles. The topological polar surface area (TPSA) is 32.3 Å². The molecule has 100 valence electrons. The first-order valence-electron chi connectivity index (χ1n) is 7.09. The van der Waals surface area contributed by atoms with Gasteiger partial charge in [0.25, 0.3) is 0 Å². The molecule has 1 saturated carbocycles. The monoisotopic (exact) mass is 247 g/mol. The predicted molar refractivity (Wildman–Crippen MR) is 75.4 cm³/mol. The summed E-state index contributed by atoms with van der Waals surface area (Å²) in [6.07, 6.45) is 4.60. The van der Waals surface area contributed by atoms with Crippen molar-refractivity contribution in [3.8, 4) is 0 Å². The van der Waals surface area contributed by atoms with Gasteiger partial charge in [-0.3, -0.25) is 0 Å². The normalized spacial score (nSPS) is 30.1. The molecule has 0 radical (unpaired) electrons. The van der Waals surface area contributed by atoms with Gasteiger partial charge in [0, 0.05) is 11.6 Å². The number of benzene rings is 1. The summed E-state index contributed by atoms with van der Waals surface area (Å²) < 4.78 is 0. The van der Waals surface area contributed by atoms with E-state index in [0.29, 0.717) is 6.04 Å². The van der Waals surface area contributed by atoms with Crippen molar-refractivity contribution in [3.63, 3.8) is 0 Å². The van der Waals surface area contributed by atoms with Crippen molar-refractivity contribution in [1.29, 1.82) is 0 Å². The summed E-state index contributed by atoms with van der Waals surface area (Å²) in [6.45, 7) is 4.74. The smallest absolute Gasteiger partial charge is 0.0613 e. The molecule has 1 aromatic rings. The van der Waals surface area contributed by atoms with Crippen LogP contribution < -0.4 is 5.32 Å². The first kappa shape index (κ1) is 13.6. The van der Waals surface area contributed by atoms with E-state index in [9.17, 15) is 5.11 Å². The van der Waals surface area contributed by atoms with Crippen LogP contribution in [0.25, 0.3) is 0 Å². The fourth-order valence-corrected chi connectivity index (χ4v) is 2.95. The molecule has 0 amide bonds. The number of aliphatic hydroxyl groups excluding tert-OH is 1. The van der Waals surface area contributed by atoms with Crippen molar-refractivity contribution in [2.45, 2.75) is 51.1 Å². The van der Waals surface area contributed by atoms with Crippen LogP contribution >= 0.6 is 0 Å². The van der Waals surface area contributed by atoms with Crippen molar-refractivity contribution in [2.75, 3.05) is 6.61 Å². The molecule has 2 rings (SSSR count). The Morgan fingerprint density at radius 2 is 1.89 bits per heavy atom. The molecule has 1 unspecified atom stereocenters. The van der Waals surface area contributed by atoms with E-state index in [1.807, 2.05) is 6.07 Å². The zero-order valence-electron chi connectivity index (χ0n) is 11.5. The van der Waals surface area contributed by atoms with Crippen LogP contribution in [0.15, 0.2) is 30.3 Å². The Bertz CT molecular complexity index is 355. The molecule has 0 bridgehead atoms. The predicted octanol–water partition coefficient (Wildman–Crippen LogP) is 3.28. The highest BCUT2D eigenvalue weighted by atomic mass is 16.3. The molecule has 0 heterocycles. The second-order valence-corrected chi connectivity index (χ2v) is 5.90. The quantitative estimate of drug-likeness (QED) is 0.856. The molecule has 1 atom stereocenters. The van der Waals surface area contributed by atoms with Crippen LogP contribution in [0, 0.1) is 5.92 Å². The van der Waals surface area contributed by atoms with Crippen molar-refractivity contribution in [2.24, 2.45) is 5.92 Å². The summed E-state index contributed by atoms with van der Waals surface area (Å²) in [5.74, 6) is 0.804. The molecular weight excluding hydrogens is 222 g/mol. The van der Waals surface area contributed by atoms with E-state index in [4.69, 9.17) is 0 Å². The Labute approximate surface area is 110 Å². The van der Waals surface area contributed by atoms with E-state index in [2.05, 4.69) is 43.4 Å². The molecule has 0 spiro atoms. The molecule has 1 fully saturated rings. The molecule has 2 heteroatoms. The van der Waals surface area contributed by atoms with Gasteiger partial charge in [-0.2, -0.15) is 0 Å². The maximum atomic E-state index is 9.76. The highest BCUT2D eigenvalue weighted by Crippen LogP contribution is 2.33. The van der Waals surface area contributed by atoms with Crippen LogP contribution in [-0.4, -0.2) is 17.3 Å². The highest BCUT2D eigenvalue weighted by Gasteiger charge is 2.34. The summed E-state index contributed by atoms with van der Waals surface area (Å²) in [5, 5.41) is 13.4. The van der Waals surface area contributed by atoms with E-state index in [1.54, 1.807) is 0 Å². The minimum absolute atomic E-state index is 0.0677. The van der Waals surface area contributed by atoms with Crippen molar-refractivity contribution in [3.05, 3.63) is 35.9 Å². The average Bonchev–Trinajstić information content (AvgIpc) is 2.43. The molecule has 18 heavy (non-hydrogen) atoms. The Kier molecular flexibility index (Phi) is 4.41. The third-order valence-electron chi connectivity index (χ3n) is 4.36.